The third kappa shape index (κ3) is 7.58. The fourth-order valence-electron chi connectivity index (χ4n) is 4.43. The molecule has 0 saturated carbocycles. The van der Waals surface area contributed by atoms with E-state index in [0.29, 0.717) is 12.0 Å². The fourth-order valence-corrected chi connectivity index (χ4v) is 5.63. The van der Waals surface area contributed by atoms with E-state index in [0.717, 1.165) is 4.90 Å². The first-order chi connectivity index (χ1) is 17.1. The molecule has 1 amide bonds. The van der Waals surface area contributed by atoms with Crippen LogP contribution < -0.4 is 5.32 Å². The summed E-state index contributed by atoms with van der Waals surface area (Å²) in [6, 6.07) is 18.2. The van der Waals surface area contributed by atoms with Crippen LogP contribution >= 0.6 is 11.8 Å². The van der Waals surface area contributed by atoms with Crippen molar-refractivity contribution < 1.29 is 28.6 Å². The van der Waals surface area contributed by atoms with Gasteiger partial charge in [-0.05, 0) is 43.0 Å². The van der Waals surface area contributed by atoms with Crippen LogP contribution in [0.15, 0.2) is 65.6 Å². The van der Waals surface area contributed by atoms with E-state index >= 15 is 0 Å². The summed E-state index contributed by atoms with van der Waals surface area (Å²) in [6.45, 7) is 8.95. The maximum atomic E-state index is 12.5. The van der Waals surface area contributed by atoms with Crippen molar-refractivity contribution in [2.75, 3.05) is 6.61 Å². The number of hydrogen-bond donors (Lipinski definition) is 1. The Hall–Kier alpha value is -2.84. The molecule has 7 nitrogen and oxygen atoms in total. The Morgan fingerprint density at radius 2 is 1.67 bits per heavy atom. The summed E-state index contributed by atoms with van der Waals surface area (Å²) >= 11 is 1.56. The predicted octanol–water partition coefficient (Wildman–Crippen LogP) is 4.85. The normalized spacial score (nSPS) is 25.3. The van der Waals surface area contributed by atoms with E-state index in [1.165, 1.54) is 13.8 Å². The van der Waals surface area contributed by atoms with Gasteiger partial charge in [-0.15, -0.1) is 0 Å². The summed E-state index contributed by atoms with van der Waals surface area (Å²) in [7, 11) is 0. The van der Waals surface area contributed by atoms with Crippen LogP contribution in [-0.2, 0) is 23.8 Å². The Morgan fingerprint density at radius 3 is 2.25 bits per heavy atom. The van der Waals surface area contributed by atoms with E-state index < -0.39 is 29.2 Å². The summed E-state index contributed by atoms with van der Waals surface area (Å²) < 4.78 is 18.0. The van der Waals surface area contributed by atoms with E-state index in [1.807, 2.05) is 57.2 Å². The van der Waals surface area contributed by atoms with E-state index in [1.54, 1.807) is 36.0 Å². The minimum absolute atomic E-state index is 0.0963. The van der Waals surface area contributed by atoms with Gasteiger partial charge in [-0.3, -0.25) is 9.59 Å². The second-order valence-electron chi connectivity index (χ2n) is 9.51. The van der Waals surface area contributed by atoms with Crippen LogP contribution in [0.2, 0.25) is 0 Å². The molecule has 0 aromatic heterocycles. The van der Waals surface area contributed by atoms with Gasteiger partial charge < -0.3 is 19.5 Å². The van der Waals surface area contributed by atoms with Gasteiger partial charge in [-0.25, -0.2) is 4.79 Å². The average molecular weight is 514 g/mol. The van der Waals surface area contributed by atoms with Gasteiger partial charge in [-0.1, -0.05) is 62.0 Å². The van der Waals surface area contributed by atoms with Gasteiger partial charge in [-0.2, -0.15) is 0 Å². The molecule has 0 bridgehead atoms. The molecule has 1 aliphatic rings. The number of ether oxygens (including phenoxy) is 3. The van der Waals surface area contributed by atoms with Crippen LogP contribution in [0.5, 0.6) is 0 Å². The number of benzene rings is 2. The molecule has 1 aliphatic heterocycles. The molecule has 1 heterocycles. The molecule has 0 aliphatic carbocycles. The summed E-state index contributed by atoms with van der Waals surface area (Å²) in [4.78, 5) is 36.9. The summed E-state index contributed by atoms with van der Waals surface area (Å²) in [6.07, 6.45) is -0.663. The smallest absolute Gasteiger partial charge is 0.338 e. The Labute approximate surface area is 217 Å². The SMILES string of the molecule is CC(=O)N[C@H]1C([C@H](C)[C@H](C)COC(=O)c2ccccc2)O[C@@](C)(Sc2ccccc2)C[C@H]1OC(C)=O. The van der Waals surface area contributed by atoms with E-state index in [4.69, 9.17) is 14.2 Å². The molecule has 194 valence electrons. The van der Waals surface area contributed by atoms with Gasteiger partial charge >= 0.3 is 11.9 Å². The third-order valence-corrected chi connectivity index (χ3v) is 7.58. The number of amides is 1. The minimum atomic E-state index is -0.712. The van der Waals surface area contributed by atoms with E-state index in [9.17, 15) is 14.4 Å². The number of esters is 2. The van der Waals surface area contributed by atoms with Gasteiger partial charge in [0.25, 0.3) is 0 Å². The lowest BCUT2D eigenvalue weighted by atomic mass is 9.82. The molecular formula is C28H35NO6S. The van der Waals surface area contributed by atoms with Crippen molar-refractivity contribution in [2.24, 2.45) is 11.8 Å². The zero-order chi connectivity index (χ0) is 26.3. The Morgan fingerprint density at radius 1 is 1.06 bits per heavy atom. The van der Waals surface area contributed by atoms with Crippen molar-refractivity contribution in [2.45, 2.75) is 69.1 Å². The van der Waals surface area contributed by atoms with Crippen LogP contribution in [0.1, 0.15) is 51.4 Å². The highest BCUT2D eigenvalue weighted by atomic mass is 32.2. The van der Waals surface area contributed by atoms with Crippen LogP contribution in [0.25, 0.3) is 0 Å². The average Bonchev–Trinajstić information content (AvgIpc) is 2.83. The molecule has 8 heteroatoms. The van der Waals surface area contributed by atoms with Crippen molar-refractivity contribution in [3.05, 3.63) is 66.2 Å². The molecule has 1 saturated heterocycles. The van der Waals surface area contributed by atoms with Crippen LogP contribution in [0.3, 0.4) is 0 Å². The van der Waals surface area contributed by atoms with Crippen LogP contribution in [0, 0.1) is 11.8 Å². The maximum absolute atomic E-state index is 12.5. The summed E-state index contributed by atoms with van der Waals surface area (Å²) in [5.74, 6) is -1.28. The molecule has 2 aromatic carbocycles. The number of nitrogens with one attached hydrogen (secondary N) is 1. The molecule has 36 heavy (non-hydrogen) atoms. The highest BCUT2D eigenvalue weighted by molar-refractivity contribution is 8.00. The minimum Gasteiger partial charge on any atom is -0.462 e. The lowest BCUT2D eigenvalue weighted by Crippen LogP contribution is -2.62. The molecule has 2 aromatic rings. The lowest BCUT2D eigenvalue weighted by Gasteiger charge is -2.49. The predicted molar refractivity (Wildman–Crippen MR) is 138 cm³/mol. The summed E-state index contributed by atoms with van der Waals surface area (Å²) in [5, 5.41) is 2.96. The third-order valence-electron chi connectivity index (χ3n) is 6.38. The Kier molecular flexibility index (Phi) is 9.56. The van der Waals surface area contributed by atoms with Crippen molar-refractivity contribution in [3.63, 3.8) is 0 Å². The van der Waals surface area contributed by atoms with Crippen molar-refractivity contribution in [3.8, 4) is 0 Å². The molecule has 3 rings (SSSR count). The molecule has 6 atom stereocenters. The number of rotatable bonds is 9. The maximum Gasteiger partial charge on any atom is 0.338 e. The fraction of sp³-hybridized carbons (Fsp3) is 0.464. The van der Waals surface area contributed by atoms with Gasteiger partial charge in [0.2, 0.25) is 5.91 Å². The van der Waals surface area contributed by atoms with Crippen LogP contribution in [0.4, 0.5) is 0 Å². The van der Waals surface area contributed by atoms with Gasteiger partial charge in [0.1, 0.15) is 11.0 Å². The first-order valence-electron chi connectivity index (χ1n) is 12.2. The number of carbonyl (C=O) groups excluding carboxylic acids is 3. The Balaban J connectivity index is 1.82. The standard InChI is InChI=1S/C28H35NO6S/c1-18(17-33-27(32)22-12-8-6-9-13-22)19(2)26-25(29-20(3)30)24(34-21(4)31)16-28(5,35-26)36-23-14-10-7-11-15-23/h6-15,18-19,24-26H,16-17H2,1-5H3,(H,29,30)/t18-,19-,24-,25-,26?,28+/m1/s1. The monoisotopic (exact) mass is 513 g/mol. The number of thioether (sulfide) groups is 1. The molecule has 1 N–H and O–H groups in total. The highest BCUT2D eigenvalue weighted by Crippen LogP contribution is 2.45. The first-order valence-corrected chi connectivity index (χ1v) is 13.0. The van der Waals surface area contributed by atoms with Gasteiger partial charge in [0, 0.05) is 25.2 Å². The second kappa shape index (κ2) is 12.4. The first kappa shape index (κ1) is 27.7. The molecule has 1 fully saturated rings. The van der Waals surface area contributed by atoms with Crippen molar-refractivity contribution >= 4 is 29.6 Å². The second-order valence-corrected chi connectivity index (χ2v) is 11.0. The zero-order valence-electron chi connectivity index (χ0n) is 21.4. The molecular weight excluding hydrogens is 478 g/mol. The van der Waals surface area contributed by atoms with E-state index in [-0.39, 0.29) is 30.3 Å². The lowest BCUT2D eigenvalue weighted by molar-refractivity contribution is -0.180. The van der Waals surface area contributed by atoms with Crippen LogP contribution in [-0.4, -0.2) is 47.6 Å². The van der Waals surface area contributed by atoms with E-state index in [2.05, 4.69) is 5.32 Å². The zero-order valence-corrected chi connectivity index (χ0v) is 22.2. The number of carbonyl (C=O) groups is 3. The highest BCUT2D eigenvalue weighted by Gasteiger charge is 2.49. The topological polar surface area (TPSA) is 90.9 Å². The quantitative estimate of drug-likeness (QED) is 0.479. The molecule has 0 radical (unpaired) electrons. The molecule has 0 spiro atoms. The largest absolute Gasteiger partial charge is 0.462 e. The number of hydrogen-bond acceptors (Lipinski definition) is 7. The summed E-state index contributed by atoms with van der Waals surface area (Å²) in [5.41, 5.74) is 0.490. The Bertz CT molecular complexity index is 1030. The van der Waals surface area contributed by atoms with Gasteiger partial charge in [0.15, 0.2) is 0 Å². The molecule has 1 unspecified atom stereocenters. The van der Waals surface area contributed by atoms with Gasteiger partial charge in [0.05, 0.1) is 24.3 Å². The van der Waals surface area contributed by atoms with Crippen molar-refractivity contribution in [1.29, 1.82) is 0 Å². The van der Waals surface area contributed by atoms with Crippen molar-refractivity contribution in [1.82, 2.24) is 5.32 Å².